The normalized spacial score (nSPS) is 12.3. The van der Waals surface area contributed by atoms with Crippen LogP contribution in [0.4, 0.5) is 0 Å². The third kappa shape index (κ3) is 5.49. The van der Waals surface area contributed by atoms with E-state index in [4.69, 9.17) is 0 Å². The summed E-state index contributed by atoms with van der Waals surface area (Å²) in [5, 5.41) is 10.7. The van der Waals surface area contributed by atoms with Gasteiger partial charge in [0.2, 0.25) is 0 Å². The average molecular weight is 318 g/mol. The van der Waals surface area contributed by atoms with Gasteiger partial charge in [0.25, 0.3) is 0 Å². The van der Waals surface area contributed by atoms with E-state index in [0.717, 1.165) is 16.7 Å². The van der Waals surface area contributed by atoms with Crippen LogP contribution in [-0.2, 0) is 26.8 Å². The van der Waals surface area contributed by atoms with Gasteiger partial charge in [-0.1, -0.05) is 53.7 Å². The van der Waals surface area contributed by atoms with Crippen LogP contribution in [0.15, 0.2) is 12.1 Å². The highest BCUT2D eigenvalue weighted by Gasteiger charge is 2.26. The molecule has 0 saturated carbocycles. The number of Topliss-reactive ketones (excluding diaryl/α,β-unsaturated/α-hetero) is 2. The molecular formula is C20H30O3. The van der Waals surface area contributed by atoms with Crippen LogP contribution in [-0.4, -0.2) is 16.7 Å². The molecule has 0 aliphatic rings. The standard InChI is InChI=1S/C20H30O3/c1-13(21)10-15(22)9-8-14-11-16(19(2,3)4)18(23)17(12-14)20(5,6)7/h11-12,23H,8-10H2,1-7H3. The van der Waals surface area contributed by atoms with Crippen LogP contribution >= 0.6 is 0 Å². The molecule has 0 aliphatic carbocycles. The van der Waals surface area contributed by atoms with Gasteiger partial charge in [-0.25, -0.2) is 0 Å². The Morgan fingerprint density at radius 1 is 0.957 bits per heavy atom. The van der Waals surface area contributed by atoms with Gasteiger partial charge in [0.1, 0.15) is 17.3 Å². The van der Waals surface area contributed by atoms with Crippen LogP contribution in [0.25, 0.3) is 0 Å². The molecule has 3 nitrogen and oxygen atoms in total. The molecule has 0 radical (unpaired) electrons. The van der Waals surface area contributed by atoms with E-state index in [1.807, 2.05) is 12.1 Å². The van der Waals surface area contributed by atoms with Crippen LogP contribution in [0, 0.1) is 0 Å². The Hall–Kier alpha value is -1.64. The average Bonchev–Trinajstić information content (AvgIpc) is 2.33. The van der Waals surface area contributed by atoms with Crippen LogP contribution in [0.3, 0.4) is 0 Å². The zero-order valence-electron chi connectivity index (χ0n) is 15.5. The van der Waals surface area contributed by atoms with Crippen molar-refractivity contribution in [2.75, 3.05) is 0 Å². The van der Waals surface area contributed by atoms with Crippen LogP contribution in [0.1, 0.15) is 78.0 Å². The second-order valence-electron chi connectivity index (χ2n) is 8.46. The molecule has 0 spiro atoms. The summed E-state index contributed by atoms with van der Waals surface area (Å²) in [6.45, 7) is 13.9. The van der Waals surface area contributed by atoms with Gasteiger partial charge in [-0.15, -0.1) is 0 Å². The number of ketones is 2. The maximum absolute atomic E-state index is 11.8. The van der Waals surface area contributed by atoms with Crippen molar-refractivity contribution in [1.29, 1.82) is 0 Å². The van der Waals surface area contributed by atoms with Crippen molar-refractivity contribution < 1.29 is 14.7 Å². The van der Waals surface area contributed by atoms with E-state index >= 15 is 0 Å². The fourth-order valence-corrected chi connectivity index (χ4v) is 2.63. The van der Waals surface area contributed by atoms with Crippen molar-refractivity contribution >= 4 is 11.6 Å². The number of hydrogen-bond acceptors (Lipinski definition) is 3. The summed E-state index contributed by atoms with van der Waals surface area (Å²) in [4.78, 5) is 22.8. The van der Waals surface area contributed by atoms with E-state index in [-0.39, 0.29) is 28.8 Å². The Balaban J connectivity index is 3.18. The van der Waals surface area contributed by atoms with Gasteiger partial charge >= 0.3 is 0 Å². The Labute approximate surface area is 140 Å². The quantitative estimate of drug-likeness (QED) is 0.815. The van der Waals surface area contributed by atoms with Crippen molar-refractivity contribution in [2.45, 2.75) is 78.6 Å². The lowest BCUT2D eigenvalue weighted by Crippen LogP contribution is -2.18. The number of phenolic OH excluding ortho intramolecular Hbond substituents is 1. The summed E-state index contributed by atoms with van der Waals surface area (Å²) in [6.07, 6.45) is 0.965. The van der Waals surface area contributed by atoms with Gasteiger partial charge in [-0.05, 0) is 40.9 Å². The van der Waals surface area contributed by atoms with Gasteiger partial charge in [0, 0.05) is 6.42 Å². The smallest absolute Gasteiger partial charge is 0.140 e. The third-order valence-electron chi connectivity index (χ3n) is 3.92. The van der Waals surface area contributed by atoms with E-state index < -0.39 is 0 Å². The first kappa shape index (κ1) is 19.4. The lowest BCUT2D eigenvalue weighted by molar-refractivity contribution is -0.125. The number of carbonyl (C=O) groups excluding carboxylic acids is 2. The minimum absolute atomic E-state index is 0.0103. The number of hydrogen-bond donors (Lipinski definition) is 1. The zero-order chi connectivity index (χ0) is 18.0. The molecule has 0 amide bonds. The Bertz CT molecular complexity index is 563. The second kappa shape index (κ2) is 6.86. The molecule has 0 atom stereocenters. The maximum Gasteiger partial charge on any atom is 0.140 e. The first-order valence-electron chi connectivity index (χ1n) is 8.20. The second-order valence-corrected chi connectivity index (χ2v) is 8.46. The summed E-state index contributed by atoms with van der Waals surface area (Å²) in [5.41, 5.74) is 2.49. The number of phenols is 1. The molecule has 0 unspecified atom stereocenters. The van der Waals surface area contributed by atoms with Crippen molar-refractivity contribution in [3.05, 3.63) is 28.8 Å². The molecule has 128 valence electrons. The SMILES string of the molecule is CC(=O)CC(=O)CCc1cc(C(C)(C)C)c(O)c(C(C)(C)C)c1. The first-order valence-corrected chi connectivity index (χ1v) is 8.20. The molecule has 0 aliphatic heterocycles. The van der Waals surface area contributed by atoms with Crippen LogP contribution < -0.4 is 0 Å². The van der Waals surface area contributed by atoms with Gasteiger partial charge in [0.15, 0.2) is 0 Å². The molecule has 0 saturated heterocycles. The number of aromatic hydroxyl groups is 1. The van der Waals surface area contributed by atoms with E-state index in [0.29, 0.717) is 18.6 Å². The van der Waals surface area contributed by atoms with Crippen molar-refractivity contribution in [1.82, 2.24) is 0 Å². The van der Waals surface area contributed by atoms with E-state index in [2.05, 4.69) is 41.5 Å². The summed E-state index contributed by atoms with van der Waals surface area (Å²) < 4.78 is 0. The molecule has 1 aromatic carbocycles. The van der Waals surface area contributed by atoms with Gasteiger partial charge in [-0.2, -0.15) is 0 Å². The monoisotopic (exact) mass is 318 g/mol. The molecule has 1 rings (SSSR count). The summed E-state index contributed by atoms with van der Waals surface area (Å²) in [6, 6.07) is 3.98. The lowest BCUT2D eigenvalue weighted by atomic mass is 9.78. The molecule has 0 bridgehead atoms. The van der Waals surface area contributed by atoms with Crippen LogP contribution in [0.2, 0.25) is 0 Å². The highest BCUT2D eigenvalue weighted by atomic mass is 16.3. The molecule has 3 heteroatoms. The first-order chi connectivity index (χ1) is 10.3. The Kier molecular flexibility index (Phi) is 5.79. The topological polar surface area (TPSA) is 54.4 Å². The summed E-state index contributed by atoms with van der Waals surface area (Å²) in [5.74, 6) is 0.232. The van der Waals surface area contributed by atoms with Gasteiger partial charge in [0.05, 0.1) is 6.42 Å². The lowest BCUT2D eigenvalue weighted by Gasteiger charge is -2.28. The fourth-order valence-electron chi connectivity index (χ4n) is 2.63. The Morgan fingerprint density at radius 2 is 1.39 bits per heavy atom. The van der Waals surface area contributed by atoms with E-state index in [1.54, 1.807) is 0 Å². The minimum atomic E-state index is -0.177. The van der Waals surface area contributed by atoms with E-state index in [9.17, 15) is 14.7 Å². The molecule has 0 heterocycles. The maximum atomic E-state index is 11.8. The molecule has 1 N–H and O–H groups in total. The van der Waals surface area contributed by atoms with Crippen molar-refractivity contribution in [3.63, 3.8) is 0 Å². The van der Waals surface area contributed by atoms with Gasteiger partial charge in [-0.3, -0.25) is 9.59 Å². The highest BCUT2D eigenvalue weighted by molar-refractivity contribution is 5.97. The largest absolute Gasteiger partial charge is 0.507 e. The zero-order valence-corrected chi connectivity index (χ0v) is 15.5. The molecule has 23 heavy (non-hydrogen) atoms. The molecule has 1 aromatic rings. The highest BCUT2D eigenvalue weighted by Crippen LogP contribution is 2.39. The number of carbonyl (C=O) groups is 2. The molecule has 0 aromatic heterocycles. The van der Waals surface area contributed by atoms with Crippen molar-refractivity contribution in [2.24, 2.45) is 0 Å². The van der Waals surface area contributed by atoms with Crippen LogP contribution in [0.5, 0.6) is 5.75 Å². The van der Waals surface area contributed by atoms with Crippen molar-refractivity contribution in [3.8, 4) is 5.75 Å². The Morgan fingerprint density at radius 3 is 1.74 bits per heavy atom. The predicted octanol–water partition coefficient (Wildman–Crippen LogP) is 4.47. The van der Waals surface area contributed by atoms with Gasteiger partial charge < -0.3 is 5.11 Å². The predicted molar refractivity (Wildman–Crippen MR) is 94.1 cm³/mol. The molecular weight excluding hydrogens is 288 g/mol. The minimum Gasteiger partial charge on any atom is -0.507 e. The third-order valence-corrected chi connectivity index (χ3v) is 3.92. The fraction of sp³-hybridized carbons (Fsp3) is 0.600. The summed E-state index contributed by atoms with van der Waals surface area (Å²) >= 11 is 0. The summed E-state index contributed by atoms with van der Waals surface area (Å²) in [7, 11) is 0. The number of aryl methyl sites for hydroxylation is 1. The molecule has 0 fully saturated rings. The number of rotatable bonds is 5. The van der Waals surface area contributed by atoms with E-state index in [1.165, 1.54) is 6.92 Å². The number of benzene rings is 1.